The summed E-state index contributed by atoms with van der Waals surface area (Å²) in [7, 11) is 0. The van der Waals surface area contributed by atoms with Crippen molar-refractivity contribution >= 4 is 5.97 Å². The molecule has 0 aliphatic heterocycles. The third-order valence-electron chi connectivity index (χ3n) is 2.01. The van der Waals surface area contributed by atoms with Crippen LogP contribution in [0.15, 0.2) is 0 Å². The lowest BCUT2D eigenvalue weighted by Gasteiger charge is -2.12. The van der Waals surface area contributed by atoms with Crippen LogP contribution in [-0.4, -0.2) is 37.0 Å². The maximum Gasteiger partial charge on any atom is 0.332 e. The third-order valence-corrected chi connectivity index (χ3v) is 2.01. The average Bonchev–Trinajstić information content (AvgIpc) is 2.15. The Morgan fingerprint density at radius 2 is 1.87 bits per heavy atom. The molecule has 0 heterocycles. The number of rotatable bonds is 9. The summed E-state index contributed by atoms with van der Waals surface area (Å²) in [5.74, 6) is -0.295. The molecule has 0 saturated heterocycles. The van der Waals surface area contributed by atoms with Crippen LogP contribution in [0.2, 0.25) is 0 Å². The van der Waals surface area contributed by atoms with Crippen LogP contribution in [0, 0.1) is 5.92 Å². The zero-order valence-electron chi connectivity index (χ0n) is 9.86. The highest BCUT2D eigenvalue weighted by Gasteiger charge is 2.16. The highest BCUT2D eigenvalue weighted by molar-refractivity contribution is 5.72. The Labute approximate surface area is 91.6 Å². The number of carboxylic acid groups (broad SMARTS) is 1. The fourth-order valence-electron chi connectivity index (χ4n) is 1.09. The lowest BCUT2D eigenvalue weighted by molar-refractivity contribution is -0.151. The second-order valence-corrected chi connectivity index (χ2v) is 3.87. The minimum Gasteiger partial charge on any atom is -0.479 e. The molecule has 1 unspecified atom stereocenters. The van der Waals surface area contributed by atoms with E-state index in [4.69, 9.17) is 14.6 Å². The molecule has 1 atom stereocenters. The zero-order chi connectivity index (χ0) is 11.7. The molecule has 0 radical (unpaired) electrons. The standard InChI is InChI=1S/C11H22O4/c1-4-15-10(11(12)13)6-8-14-7-5-9(2)3/h9-10H,4-8H2,1-3H3,(H,12,13). The summed E-state index contributed by atoms with van der Waals surface area (Å²) in [6.07, 6.45) is 0.697. The zero-order valence-corrected chi connectivity index (χ0v) is 9.86. The van der Waals surface area contributed by atoms with E-state index >= 15 is 0 Å². The van der Waals surface area contributed by atoms with E-state index in [0.717, 1.165) is 6.42 Å². The molecule has 0 fully saturated rings. The van der Waals surface area contributed by atoms with Gasteiger partial charge in [0.2, 0.25) is 0 Å². The van der Waals surface area contributed by atoms with Crippen molar-refractivity contribution in [2.75, 3.05) is 19.8 Å². The quantitative estimate of drug-likeness (QED) is 0.601. The average molecular weight is 218 g/mol. The van der Waals surface area contributed by atoms with E-state index in [1.165, 1.54) is 0 Å². The van der Waals surface area contributed by atoms with Crippen LogP contribution in [0.3, 0.4) is 0 Å². The molecule has 0 aliphatic carbocycles. The first-order valence-corrected chi connectivity index (χ1v) is 5.50. The molecule has 0 amide bonds. The van der Waals surface area contributed by atoms with Crippen molar-refractivity contribution < 1.29 is 19.4 Å². The molecule has 0 saturated carbocycles. The minimum absolute atomic E-state index is 0.418. The van der Waals surface area contributed by atoms with E-state index < -0.39 is 12.1 Å². The van der Waals surface area contributed by atoms with Crippen molar-refractivity contribution in [2.45, 2.75) is 39.7 Å². The Kier molecular flexibility index (Phi) is 8.33. The van der Waals surface area contributed by atoms with Gasteiger partial charge in [-0.3, -0.25) is 0 Å². The van der Waals surface area contributed by atoms with E-state index in [2.05, 4.69) is 13.8 Å². The summed E-state index contributed by atoms with van der Waals surface area (Å²) >= 11 is 0. The molecular weight excluding hydrogens is 196 g/mol. The van der Waals surface area contributed by atoms with E-state index in [-0.39, 0.29) is 0 Å². The van der Waals surface area contributed by atoms with Crippen molar-refractivity contribution in [3.8, 4) is 0 Å². The molecule has 15 heavy (non-hydrogen) atoms. The van der Waals surface area contributed by atoms with Gasteiger partial charge in [0.05, 0.1) is 0 Å². The molecule has 0 aromatic rings. The van der Waals surface area contributed by atoms with Gasteiger partial charge in [-0.1, -0.05) is 13.8 Å². The molecule has 4 nitrogen and oxygen atoms in total. The summed E-state index contributed by atoms with van der Waals surface area (Å²) < 4.78 is 10.4. The van der Waals surface area contributed by atoms with Crippen molar-refractivity contribution in [2.24, 2.45) is 5.92 Å². The van der Waals surface area contributed by atoms with Gasteiger partial charge in [-0.25, -0.2) is 4.79 Å². The Hall–Kier alpha value is -0.610. The largest absolute Gasteiger partial charge is 0.479 e. The van der Waals surface area contributed by atoms with Crippen LogP contribution in [0.1, 0.15) is 33.6 Å². The second kappa shape index (κ2) is 8.68. The first-order valence-electron chi connectivity index (χ1n) is 5.50. The van der Waals surface area contributed by atoms with Gasteiger partial charge >= 0.3 is 5.97 Å². The molecule has 4 heteroatoms. The summed E-state index contributed by atoms with van der Waals surface area (Å²) in [5.41, 5.74) is 0. The number of hydrogen-bond acceptors (Lipinski definition) is 3. The van der Waals surface area contributed by atoms with E-state index in [1.54, 1.807) is 6.92 Å². The van der Waals surface area contributed by atoms with E-state index in [9.17, 15) is 4.79 Å². The number of carboxylic acids is 1. The maximum atomic E-state index is 10.7. The molecule has 90 valence electrons. The Morgan fingerprint density at radius 1 is 1.27 bits per heavy atom. The van der Waals surface area contributed by atoms with Gasteiger partial charge < -0.3 is 14.6 Å². The summed E-state index contributed by atoms with van der Waals surface area (Å²) in [4.78, 5) is 10.7. The molecule has 0 aromatic heterocycles. The van der Waals surface area contributed by atoms with Gasteiger partial charge in [-0.15, -0.1) is 0 Å². The van der Waals surface area contributed by atoms with Crippen LogP contribution >= 0.6 is 0 Å². The molecule has 0 aromatic carbocycles. The van der Waals surface area contributed by atoms with Crippen molar-refractivity contribution in [3.63, 3.8) is 0 Å². The van der Waals surface area contributed by atoms with Gasteiger partial charge in [0, 0.05) is 26.2 Å². The predicted octanol–water partition coefficient (Wildman–Crippen LogP) is 1.93. The van der Waals surface area contributed by atoms with Crippen LogP contribution in [0.4, 0.5) is 0 Å². The Morgan fingerprint density at radius 3 is 2.33 bits per heavy atom. The number of ether oxygens (including phenoxy) is 2. The molecule has 0 bridgehead atoms. The highest BCUT2D eigenvalue weighted by Crippen LogP contribution is 2.02. The monoisotopic (exact) mass is 218 g/mol. The van der Waals surface area contributed by atoms with Crippen LogP contribution in [-0.2, 0) is 14.3 Å². The highest BCUT2D eigenvalue weighted by atomic mass is 16.5. The SMILES string of the molecule is CCOC(CCOCCC(C)C)C(=O)O. The first kappa shape index (κ1) is 14.4. The number of carbonyl (C=O) groups is 1. The lowest BCUT2D eigenvalue weighted by Crippen LogP contribution is -2.25. The van der Waals surface area contributed by atoms with Crippen molar-refractivity contribution in [3.05, 3.63) is 0 Å². The summed E-state index contributed by atoms with van der Waals surface area (Å²) in [6, 6.07) is 0. The van der Waals surface area contributed by atoms with Gasteiger partial charge in [-0.05, 0) is 19.3 Å². The fraction of sp³-hybridized carbons (Fsp3) is 0.909. The second-order valence-electron chi connectivity index (χ2n) is 3.87. The lowest BCUT2D eigenvalue weighted by atomic mass is 10.1. The molecular formula is C11H22O4. The molecule has 0 aliphatic rings. The van der Waals surface area contributed by atoms with Crippen molar-refractivity contribution in [1.82, 2.24) is 0 Å². The van der Waals surface area contributed by atoms with Crippen molar-refractivity contribution in [1.29, 1.82) is 0 Å². The summed E-state index contributed by atoms with van der Waals surface area (Å²) in [6.45, 7) is 7.60. The minimum atomic E-state index is -0.913. The molecule has 0 rings (SSSR count). The van der Waals surface area contributed by atoms with Gasteiger partial charge in [0.25, 0.3) is 0 Å². The van der Waals surface area contributed by atoms with Crippen LogP contribution in [0.25, 0.3) is 0 Å². The third kappa shape index (κ3) is 8.39. The smallest absolute Gasteiger partial charge is 0.332 e. The van der Waals surface area contributed by atoms with E-state index in [1.807, 2.05) is 0 Å². The Bertz CT molecular complexity index is 168. The fourth-order valence-corrected chi connectivity index (χ4v) is 1.09. The van der Waals surface area contributed by atoms with Gasteiger partial charge in [0.1, 0.15) is 0 Å². The summed E-state index contributed by atoms with van der Waals surface area (Å²) in [5, 5.41) is 8.77. The van der Waals surface area contributed by atoms with Gasteiger partial charge in [-0.2, -0.15) is 0 Å². The molecule has 0 spiro atoms. The van der Waals surface area contributed by atoms with E-state index in [0.29, 0.717) is 32.2 Å². The number of aliphatic carboxylic acids is 1. The molecule has 1 N–H and O–H groups in total. The van der Waals surface area contributed by atoms with Crippen LogP contribution < -0.4 is 0 Å². The predicted molar refractivity (Wildman–Crippen MR) is 57.9 cm³/mol. The van der Waals surface area contributed by atoms with Gasteiger partial charge in [0.15, 0.2) is 6.10 Å². The topological polar surface area (TPSA) is 55.8 Å². The first-order chi connectivity index (χ1) is 7.07. The van der Waals surface area contributed by atoms with Crippen LogP contribution in [0.5, 0.6) is 0 Å². The maximum absolute atomic E-state index is 10.7. The number of hydrogen-bond donors (Lipinski definition) is 1. The normalized spacial score (nSPS) is 13.1. The Balaban J connectivity index is 3.49.